The molecule has 0 heterocycles. The van der Waals surface area contributed by atoms with E-state index in [2.05, 4.69) is 26.1 Å². The number of carbonyl (C=O) groups is 2. The molecule has 1 aromatic rings. The molecular weight excluding hydrogens is 264 g/mol. The monoisotopic (exact) mass is 290 g/mol. The van der Waals surface area contributed by atoms with Crippen molar-refractivity contribution in [1.82, 2.24) is 5.32 Å². The van der Waals surface area contributed by atoms with Crippen LogP contribution in [0, 0.1) is 5.92 Å². The van der Waals surface area contributed by atoms with Gasteiger partial charge in [-0.25, -0.2) is 0 Å². The molecule has 116 valence electrons. The van der Waals surface area contributed by atoms with Gasteiger partial charge in [-0.2, -0.15) is 0 Å². The molecule has 0 fully saturated rings. The summed E-state index contributed by atoms with van der Waals surface area (Å²) in [5.74, 6) is -0.477. The maximum atomic E-state index is 12.2. The van der Waals surface area contributed by atoms with Crippen LogP contribution < -0.4 is 11.1 Å². The first-order valence-corrected chi connectivity index (χ1v) is 7.32. The van der Waals surface area contributed by atoms with Crippen molar-refractivity contribution in [3.05, 3.63) is 35.4 Å². The van der Waals surface area contributed by atoms with E-state index in [0.717, 1.165) is 5.56 Å². The molecule has 4 nitrogen and oxygen atoms in total. The highest BCUT2D eigenvalue weighted by atomic mass is 16.2. The van der Waals surface area contributed by atoms with Crippen LogP contribution in [-0.2, 0) is 10.2 Å². The molecule has 0 aliphatic heterocycles. The molecule has 0 aliphatic rings. The Labute approximate surface area is 127 Å². The SMILES string of the molecule is CC(C)C[C@H](NC(=O)c1ccc(C(C)(C)C)cc1)C(N)=O. The maximum absolute atomic E-state index is 12.2. The summed E-state index contributed by atoms with van der Waals surface area (Å²) >= 11 is 0. The predicted molar refractivity (Wildman–Crippen MR) is 85.0 cm³/mol. The van der Waals surface area contributed by atoms with Gasteiger partial charge >= 0.3 is 0 Å². The average Bonchev–Trinajstić information content (AvgIpc) is 2.36. The Bertz CT molecular complexity index is 499. The fourth-order valence-corrected chi connectivity index (χ4v) is 2.08. The number of primary amides is 1. The summed E-state index contributed by atoms with van der Waals surface area (Å²) in [6.45, 7) is 10.3. The lowest BCUT2D eigenvalue weighted by molar-refractivity contribution is -0.120. The lowest BCUT2D eigenvalue weighted by atomic mass is 9.86. The third kappa shape index (κ3) is 5.21. The molecule has 1 rings (SSSR count). The van der Waals surface area contributed by atoms with Crippen molar-refractivity contribution in [2.75, 3.05) is 0 Å². The molecule has 1 atom stereocenters. The summed E-state index contributed by atoms with van der Waals surface area (Å²) < 4.78 is 0. The molecule has 0 aromatic heterocycles. The number of carbonyl (C=O) groups excluding carboxylic acids is 2. The van der Waals surface area contributed by atoms with Gasteiger partial charge in [-0.3, -0.25) is 9.59 Å². The minimum Gasteiger partial charge on any atom is -0.368 e. The number of amides is 2. The zero-order valence-corrected chi connectivity index (χ0v) is 13.6. The molecule has 3 N–H and O–H groups in total. The van der Waals surface area contributed by atoms with Crippen LogP contribution in [0.2, 0.25) is 0 Å². The van der Waals surface area contributed by atoms with Crippen LogP contribution in [0.5, 0.6) is 0 Å². The summed E-state index contributed by atoms with van der Waals surface area (Å²) in [4.78, 5) is 23.6. The van der Waals surface area contributed by atoms with Crippen LogP contribution in [0.3, 0.4) is 0 Å². The second-order valence-corrected chi connectivity index (χ2v) is 6.89. The third-order valence-corrected chi connectivity index (χ3v) is 3.37. The van der Waals surface area contributed by atoms with Gasteiger partial charge in [0.25, 0.3) is 5.91 Å². The second kappa shape index (κ2) is 6.74. The number of hydrogen-bond donors (Lipinski definition) is 2. The highest BCUT2D eigenvalue weighted by Crippen LogP contribution is 2.22. The highest BCUT2D eigenvalue weighted by Gasteiger charge is 2.20. The Morgan fingerprint density at radius 3 is 2.05 bits per heavy atom. The quantitative estimate of drug-likeness (QED) is 0.875. The van der Waals surface area contributed by atoms with Crippen molar-refractivity contribution >= 4 is 11.8 Å². The van der Waals surface area contributed by atoms with Crippen molar-refractivity contribution in [1.29, 1.82) is 0 Å². The van der Waals surface area contributed by atoms with E-state index in [1.807, 2.05) is 26.0 Å². The lowest BCUT2D eigenvalue weighted by Crippen LogP contribution is -2.45. The van der Waals surface area contributed by atoms with Crippen LogP contribution in [0.4, 0.5) is 0 Å². The Morgan fingerprint density at radius 2 is 1.67 bits per heavy atom. The predicted octanol–water partition coefficient (Wildman–Crippen LogP) is 2.61. The van der Waals surface area contributed by atoms with Gasteiger partial charge in [-0.1, -0.05) is 46.8 Å². The van der Waals surface area contributed by atoms with Gasteiger partial charge in [0.2, 0.25) is 5.91 Å². The van der Waals surface area contributed by atoms with E-state index in [4.69, 9.17) is 5.73 Å². The van der Waals surface area contributed by atoms with E-state index in [-0.39, 0.29) is 17.2 Å². The van der Waals surface area contributed by atoms with Crippen molar-refractivity contribution in [2.24, 2.45) is 11.7 Å². The molecule has 4 heteroatoms. The Hall–Kier alpha value is -1.84. The van der Waals surface area contributed by atoms with E-state index >= 15 is 0 Å². The topological polar surface area (TPSA) is 72.2 Å². The standard InChI is InChI=1S/C17H26N2O2/c1-11(2)10-14(15(18)20)19-16(21)12-6-8-13(9-7-12)17(3,4)5/h6-9,11,14H,10H2,1-5H3,(H2,18,20)(H,19,21)/t14-/m0/s1. The molecule has 21 heavy (non-hydrogen) atoms. The van der Waals surface area contributed by atoms with Crippen molar-refractivity contribution < 1.29 is 9.59 Å². The molecule has 0 radical (unpaired) electrons. The van der Waals surface area contributed by atoms with Gasteiger partial charge in [-0.15, -0.1) is 0 Å². The smallest absolute Gasteiger partial charge is 0.251 e. The molecule has 0 saturated carbocycles. The minimum absolute atomic E-state index is 0.0441. The average molecular weight is 290 g/mol. The maximum Gasteiger partial charge on any atom is 0.251 e. The molecule has 2 amide bonds. The highest BCUT2D eigenvalue weighted by molar-refractivity contribution is 5.97. The molecule has 0 spiro atoms. The van der Waals surface area contributed by atoms with Crippen LogP contribution >= 0.6 is 0 Å². The number of nitrogens with two attached hydrogens (primary N) is 1. The number of benzene rings is 1. The van der Waals surface area contributed by atoms with Gasteiger partial charge in [0.1, 0.15) is 6.04 Å². The largest absolute Gasteiger partial charge is 0.368 e. The summed E-state index contributed by atoms with van der Waals surface area (Å²) in [7, 11) is 0. The molecule has 0 bridgehead atoms. The Kier molecular flexibility index (Phi) is 5.53. The molecule has 1 aromatic carbocycles. The van der Waals surface area contributed by atoms with Crippen LogP contribution in [0.15, 0.2) is 24.3 Å². The van der Waals surface area contributed by atoms with E-state index in [1.54, 1.807) is 12.1 Å². The minimum atomic E-state index is -0.625. The fourth-order valence-electron chi connectivity index (χ4n) is 2.08. The number of nitrogens with one attached hydrogen (secondary N) is 1. The van der Waals surface area contributed by atoms with Crippen LogP contribution in [-0.4, -0.2) is 17.9 Å². The van der Waals surface area contributed by atoms with Gasteiger partial charge in [0.05, 0.1) is 0 Å². The summed E-state index contributed by atoms with van der Waals surface area (Å²) in [5, 5.41) is 2.71. The molecule has 0 aliphatic carbocycles. The fraction of sp³-hybridized carbons (Fsp3) is 0.529. The van der Waals surface area contributed by atoms with Crippen molar-refractivity contribution in [3.8, 4) is 0 Å². The normalized spacial score (nSPS) is 13.0. The molecule has 0 unspecified atom stereocenters. The van der Waals surface area contributed by atoms with Crippen molar-refractivity contribution in [3.63, 3.8) is 0 Å². The first-order valence-electron chi connectivity index (χ1n) is 7.32. The van der Waals surface area contributed by atoms with E-state index in [0.29, 0.717) is 12.0 Å². The van der Waals surface area contributed by atoms with Gasteiger partial charge in [0, 0.05) is 5.56 Å². The summed E-state index contributed by atoms with van der Waals surface area (Å²) in [6.07, 6.45) is 0.543. The molecular formula is C17H26N2O2. The Balaban J connectivity index is 2.81. The first kappa shape index (κ1) is 17.2. The van der Waals surface area contributed by atoms with Gasteiger partial charge < -0.3 is 11.1 Å². The zero-order valence-electron chi connectivity index (χ0n) is 13.6. The summed E-state index contributed by atoms with van der Waals surface area (Å²) in [6, 6.07) is 6.82. The van der Waals surface area contributed by atoms with Gasteiger partial charge in [0.15, 0.2) is 0 Å². The van der Waals surface area contributed by atoms with Crippen molar-refractivity contribution in [2.45, 2.75) is 52.5 Å². The lowest BCUT2D eigenvalue weighted by Gasteiger charge is -2.20. The first-order chi connectivity index (χ1) is 9.61. The molecule has 0 saturated heterocycles. The zero-order chi connectivity index (χ0) is 16.2. The van der Waals surface area contributed by atoms with Gasteiger partial charge in [-0.05, 0) is 35.4 Å². The Morgan fingerprint density at radius 1 is 1.14 bits per heavy atom. The van der Waals surface area contributed by atoms with E-state index < -0.39 is 11.9 Å². The number of hydrogen-bond acceptors (Lipinski definition) is 2. The van der Waals surface area contributed by atoms with Crippen LogP contribution in [0.25, 0.3) is 0 Å². The van der Waals surface area contributed by atoms with Crippen LogP contribution in [0.1, 0.15) is 57.0 Å². The second-order valence-electron chi connectivity index (χ2n) is 6.89. The number of rotatable bonds is 5. The third-order valence-electron chi connectivity index (χ3n) is 3.37. The summed E-state index contributed by atoms with van der Waals surface area (Å²) in [5.41, 5.74) is 7.08. The van der Waals surface area contributed by atoms with E-state index in [1.165, 1.54) is 0 Å². The van der Waals surface area contributed by atoms with E-state index in [9.17, 15) is 9.59 Å².